The van der Waals surface area contributed by atoms with Gasteiger partial charge in [-0.15, -0.1) is 0 Å². The van der Waals surface area contributed by atoms with E-state index in [0.717, 1.165) is 58.6 Å². The summed E-state index contributed by atoms with van der Waals surface area (Å²) >= 11 is 0. The van der Waals surface area contributed by atoms with E-state index in [9.17, 15) is 4.79 Å². The Hall–Kier alpha value is -0.650. The van der Waals surface area contributed by atoms with E-state index < -0.39 is 0 Å². The fraction of sp³-hybridized carbons (Fsp3) is 0.917. The topological polar surface area (TPSA) is 44.8 Å². The zero-order valence-corrected chi connectivity index (χ0v) is 10.7. The van der Waals surface area contributed by atoms with Gasteiger partial charge in [-0.25, -0.2) is 0 Å². The Balaban J connectivity index is 1.98. The lowest BCUT2D eigenvalue weighted by molar-refractivity contribution is -0.134. The minimum atomic E-state index is 0.243. The summed E-state index contributed by atoms with van der Waals surface area (Å²) in [5, 5.41) is 3.35. The smallest absolute Gasteiger partial charge is 0.223 e. The van der Waals surface area contributed by atoms with E-state index in [1.54, 1.807) is 7.11 Å². The number of nitrogens with zero attached hydrogens (tertiary/aromatic N) is 2. The highest BCUT2D eigenvalue weighted by molar-refractivity contribution is 5.78. The van der Waals surface area contributed by atoms with Gasteiger partial charge in [-0.1, -0.05) is 0 Å². The second-order valence-electron chi connectivity index (χ2n) is 4.74. The number of hydrogen-bond donors (Lipinski definition) is 1. The zero-order valence-electron chi connectivity index (χ0n) is 10.7. The van der Waals surface area contributed by atoms with Crippen LogP contribution >= 0.6 is 0 Å². The lowest BCUT2D eigenvalue weighted by atomic mass is 10.2. The summed E-state index contributed by atoms with van der Waals surface area (Å²) in [5.41, 5.74) is 0. The highest BCUT2D eigenvalue weighted by Gasteiger charge is 2.32. The van der Waals surface area contributed by atoms with Crippen molar-refractivity contribution in [2.45, 2.75) is 25.4 Å². The van der Waals surface area contributed by atoms with Crippen molar-refractivity contribution in [1.29, 1.82) is 0 Å². The van der Waals surface area contributed by atoms with Crippen molar-refractivity contribution in [3.05, 3.63) is 0 Å². The first-order valence-corrected chi connectivity index (χ1v) is 6.56. The first-order chi connectivity index (χ1) is 8.33. The quantitative estimate of drug-likeness (QED) is 0.729. The lowest BCUT2D eigenvalue weighted by Gasteiger charge is -2.40. The number of hydrogen-bond acceptors (Lipinski definition) is 4. The number of carbonyl (C=O) groups is 1. The van der Waals surface area contributed by atoms with E-state index in [1.807, 2.05) is 4.90 Å². The number of piperazine rings is 1. The van der Waals surface area contributed by atoms with Gasteiger partial charge < -0.3 is 15.0 Å². The molecule has 0 aliphatic carbocycles. The fourth-order valence-corrected chi connectivity index (χ4v) is 2.72. The first kappa shape index (κ1) is 12.8. The van der Waals surface area contributed by atoms with Crippen LogP contribution in [0.2, 0.25) is 0 Å². The van der Waals surface area contributed by atoms with Gasteiger partial charge in [-0.3, -0.25) is 9.69 Å². The van der Waals surface area contributed by atoms with Gasteiger partial charge in [0.2, 0.25) is 5.91 Å². The molecule has 2 saturated heterocycles. The van der Waals surface area contributed by atoms with Gasteiger partial charge in [0.1, 0.15) is 0 Å². The first-order valence-electron chi connectivity index (χ1n) is 6.56. The minimum Gasteiger partial charge on any atom is -0.385 e. The summed E-state index contributed by atoms with van der Waals surface area (Å²) in [6.45, 7) is 5.73. The summed E-state index contributed by atoms with van der Waals surface area (Å²) in [4.78, 5) is 16.3. The Morgan fingerprint density at radius 2 is 2.12 bits per heavy atom. The Kier molecular flexibility index (Phi) is 4.76. The lowest BCUT2D eigenvalue weighted by Crippen LogP contribution is -2.55. The molecule has 2 aliphatic heterocycles. The van der Waals surface area contributed by atoms with Gasteiger partial charge in [-0.05, 0) is 6.42 Å². The van der Waals surface area contributed by atoms with Gasteiger partial charge in [0, 0.05) is 59.3 Å². The number of carbonyl (C=O) groups excluding carboxylic acids is 1. The molecule has 0 aromatic heterocycles. The average Bonchev–Trinajstić information content (AvgIpc) is 2.78. The SMILES string of the molecule is COCCC(N1CCNCC1)N1CCCC1=O. The van der Waals surface area contributed by atoms with E-state index in [0.29, 0.717) is 5.91 Å². The van der Waals surface area contributed by atoms with Crippen LogP contribution < -0.4 is 5.32 Å². The van der Waals surface area contributed by atoms with Crippen LogP contribution in [0.3, 0.4) is 0 Å². The molecule has 0 aromatic carbocycles. The molecular weight excluding hydrogens is 218 g/mol. The Labute approximate surface area is 103 Å². The number of methoxy groups -OCH3 is 1. The maximum absolute atomic E-state index is 11.9. The Morgan fingerprint density at radius 3 is 2.71 bits per heavy atom. The number of rotatable bonds is 5. The molecule has 1 unspecified atom stereocenters. The largest absolute Gasteiger partial charge is 0.385 e. The van der Waals surface area contributed by atoms with Gasteiger partial charge in [-0.2, -0.15) is 0 Å². The third-order valence-electron chi connectivity index (χ3n) is 3.62. The number of likely N-dealkylation sites (tertiary alicyclic amines) is 1. The van der Waals surface area contributed by atoms with Gasteiger partial charge in [0.15, 0.2) is 0 Å². The molecule has 2 rings (SSSR count). The second-order valence-corrected chi connectivity index (χ2v) is 4.74. The molecule has 0 aromatic rings. The molecule has 0 radical (unpaired) electrons. The summed E-state index contributed by atoms with van der Waals surface area (Å²) in [6.07, 6.45) is 2.89. The van der Waals surface area contributed by atoms with E-state index in [2.05, 4.69) is 10.2 Å². The third kappa shape index (κ3) is 3.18. The van der Waals surface area contributed by atoms with Crippen LogP contribution in [0.25, 0.3) is 0 Å². The molecule has 5 nitrogen and oxygen atoms in total. The molecule has 0 saturated carbocycles. The van der Waals surface area contributed by atoms with Crippen molar-refractivity contribution in [2.75, 3.05) is 46.4 Å². The predicted molar refractivity (Wildman–Crippen MR) is 65.7 cm³/mol. The van der Waals surface area contributed by atoms with Crippen molar-refractivity contribution in [3.63, 3.8) is 0 Å². The van der Waals surface area contributed by atoms with Crippen LogP contribution in [0.15, 0.2) is 0 Å². The van der Waals surface area contributed by atoms with Crippen LogP contribution in [0.1, 0.15) is 19.3 Å². The molecule has 1 atom stereocenters. The predicted octanol–water partition coefficient (Wildman–Crippen LogP) is -0.123. The number of amides is 1. The van der Waals surface area contributed by atoms with Crippen molar-refractivity contribution in [2.24, 2.45) is 0 Å². The van der Waals surface area contributed by atoms with Gasteiger partial charge >= 0.3 is 0 Å². The number of nitrogens with one attached hydrogen (secondary N) is 1. The van der Waals surface area contributed by atoms with Gasteiger partial charge in [0.05, 0.1) is 6.17 Å². The normalized spacial score (nSPS) is 24.3. The van der Waals surface area contributed by atoms with Crippen LogP contribution in [0.4, 0.5) is 0 Å². The third-order valence-corrected chi connectivity index (χ3v) is 3.62. The van der Waals surface area contributed by atoms with Crippen LogP contribution in [-0.2, 0) is 9.53 Å². The zero-order chi connectivity index (χ0) is 12.1. The van der Waals surface area contributed by atoms with E-state index in [4.69, 9.17) is 4.74 Å². The highest BCUT2D eigenvalue weighted by atomic mass is 16.5. The van der Waals surface area contributed by atoms with Crippen LogP contribution in [0, 0.1) is 0 Å². The molecule has 0 bridgehead atoms. The van der Waals surface area contributed by atoms with Crippen molar-refractivity contribution in [3.8, 4) is 0 Å². The molecule has 5 heteroatoms. The van der Waals surface area contributed by atoms with Crippen molar-refractivity contribution < 1.29 is 9.53 Å². The van der Waals surface area contributed by atoms with Crippen LogP contribution in [-0.4, -0.2) is 68.3 Å². The molecule has 2 heterocycles. The molecule has 98 valence electrons. The molecule has 0 spiro atoms. The van der Waals surface area contributed by atoms with Crippen molar-refractivity contribution in [1.82, 2.24) is 15.1 Å². The fourth-order valence-electron chi connectivity index (χ4n) is 2.72. The molecule has 2 fully saturated rings. The maximum atomic E-state index is 11.9. The summed E-state index contributed by atoms with van der Waals surface area (Å²) in [5.74, 6) is 0.310. The molecule has 1 amide bonds. The molecule has 1 N–H and O–H groups in total. The minimum absolute atomic E-state index is 0.243. The van der Waals surface area contributed by atoms with E-state index in [1.165, 1.54) is 0 Å². The maximum Gasteiger partial charge on any atom is 0.223 e. The second kappa shape index (κ2) is 6.33. The highest BCUT2D eigenvalue weighted by Crippen LogP contribution is 2.19. The van der Waals surface area contributed by atoms with Crippen molar-refractivity contribution >= 4 is 5.91 Å². The summed E-state index contributed by atoms with van der Waals surface area (Å²) in [7, 11) is 1.72. The average molecular weight is 241 g/mol. The van der Waals surface area contributed by atoms with E-state index in [-0.39, 0.29) is 6.17 Å². The van der Waals surface area contributed by atoms with E-state index >= 15 is 0 Å². The van der Waals surface area contributed by atoms with Crippen LogP contribution in [0.5, 0.6) is 0 Å². The van der Waals surface area contributed by atoms with Gasteiger partial charge in [0.25, 0.3) is 0 Å². The Bertz CT molecular complexity index is 254. The summed E-state index contributed by atoms with van der Waals surface area (Å²) < 4.78 is 5.18. The molecular formula is C12H23N3O2. The number of ether oxygens (including phenoxy) is 1. The standard InChI is InChI=1S/C12H23N3O2/c1-17-10-4-11(14-8-5-13-6-9-14)15-7-2-3-12(15)16/h11,13H,2-10H2,1H3. The monoisotopic (exact) mass is 241 g/mol. The molecule has 2 aliphatic rings. The Morgan fingerprint density at radius 1 is 1.35 bits per heavy atom. The molecule has 17 heavy (non-hydrogen) atoms. The summed E-state index contributed by atoms with van der Waals surface area (Å²) in [6, 6.07) is 0.